The number of halogens is 2. The maximum atomic E-state index is 13.4. The van der Waals surface area contributed by atoms with Crippen LogP contribution >= 0.6 is 0 Å². The van der Waals surface area contributed by atoms with Gasteiger partial charge in [-0.15, -0.1) is 0 Å². The largest absolute Gasteiger partial charge is 0.314 e. The van der Waals surface area contributed by atoms with E-state index in [4.69, 9.17) is 0 Å². The summed E-state index contributed by atoms with van der Waals surface area (Å²) in [5.41, 5.74) is 3.40. The maximum absolute atomic E-state index is 13.4. The number of nitrogens with zero attached hydrogens (tertiary/aromatic N) is 1. The molecule has 0 atom stereocenters. The lowest BCUT2D eigenvalue weighted by molar-refractivity contribution is -0.384. The second kappa shape index (κ2) is 11.3. The fourth-order valence-corrected chi connectivity index (χ4v) is 5.03. The van der Waals surface area contributed by atoms with Gasteiger partial charge in [-0.05, 0) is 91.9 Å². The summed E-state index contributed by atoms with van der Waals surface area (Å²) in [5, 5.41) is 14.5. The van der Waals surface area contributed by atoms with Crippen molar-refractivity contribution in [3.05, 3.63) is 111 Å². The number of benzene rings is 3. The molecule has 4 rings (SSSR count). The first-order valence-corrected chi connectivity index (χ1v) is 12.0. The summed E-state index contributed by atoms with van der Waals surface area (Å²) in [7, 11) is 0. The highest BCUT2D eigenvalue weighted by molar-refractivity contribution is 5.35. The van der Waals surface area contributed by atoms with E-state index in [1.807, 2.05) is 36.4 Å². The van der Waals surface area contributed by atoms with E-state index in [-0.39, 0.29) is 28.2 Å². The van der Waals surface area contributed by atoms with Gasteiger partial charge in [0.2, 0.25) is 0 Å². The van der Waals surface area contributed by atoms with Gasteiger partial charge in [-0.2, -0.15) is 0 Å². The Bertz CT molecular complexity index is 1020. The van der Waals surface area contributed by atoms with Crippen molar-refractivity contribution in [2.75, 3.05) is 6.54 Å². The maximum Gasteiger partial charge on any atom is 0.269 e. The van der Waals surface area contributed by atoms with Crippen LogP contribution in [0.2, 0.25) is 0 Å². The van der Waals surface area contributed by atoms with Crippen LogP contribution in [-0.4, -0.2) is 17.5 Å². The zero-order valence-electron chi connectivity index (χ0n) is 19.1. The van der Waals surface area contributed by atoms with Gasteiger partial charge in [-0.25, -0.2) is 8.78 Å². The first-order valence-electron chi connectivity index (χ1n) is 12.0. The van der Waals surface area contributed by atoms with Crippen molar-refractivity contribution in [3.8, 4) is 0 Å². The Morgan fingerprint density at radius 2 is 1.35 bits per heavy atom. The van der Waals surface area contributed by atoms with Gasteiger partial charge in [0.05, 0.1) is 4.92 Å². The zero-order valence-corrected chi connectivity index (χ0v) is 19.1. The number of nitro groups is 1. The zero-order chi connectivity index (χ0) is 23.9. The van der Waals surface area contributed by atoms with Gasteiger partial charge in [0, 0.05) is 24.1 Å². The second-order valence-electron chi connectivity index (χ2n) is 9.15. The molecule has 3 aromatic carbocycles. The molecule has 3 aromatic rings. The van der Waals surface area contributed by atoms with E-state index in [0.29, 0.717) is 12.0 Å². The summed E-state index contributed by atoms with van der Waals surface area (Å²) < 4.78 is 26.8. The molecule has 1 fully saturated rings. The second-order valence-corrected chi connectivity index (χ2v) is 9.15. The minimum absolute atomic E-state index is 0.0980. The molecule has 1 aliphatic rings. The van der Waals surface area contributed by atoms with E-state index in [9.17, 15) is 18.9 Å². The lowest BCUT2D eigenvalue weighted by atomic mass is 9.81. The first kappa shape index (κ1) is 24.0. The minimum Gasteiger partial charge on any atom is -0.314 e. The summed E-state index contributed by atoms with van der Waals surface area (Å²) in [6, 6.07) is 20.6. The molecule has 4 nitrogen and oxygen atoms in total. The SMILES string of the molecule is O=[N+]([O-])c1ccc(C2CCC(NCCCC(c3ccc(F)cc3)c3ccc(F)cc3)CC2)cc1. The summed E-state index contributed by atoms with van der Waals surface area (Å²) in [5.74, 6) is 0.0428. The number of non-ortho nitro benzene ring substituents is 1. The Morgan fingerprint density at radius 1 is 0.824 bits per heavy atom. The number of hydrogen-bond acceptors (Lipinski definition) is 3. The predicted molar refractivity (Wildman–Crippen MR) is 130 cm³/mol. The van der Waals surface area contributed by atoms with Crippen LogP contribution in [0.1, 0.15) is 67.1 Å². The van der Waals surface area contributed by atoms with Crippen molar-refractivity contribution in [2.45, 2.75) is 56.4 Å². The molecule has 0 bridgehead atoms. The van der Waals surface area contributed by atoms with E-state index in [2.05, 4.69) is 5.32 Å². The molecule has 1 N–H and O–H groups in total. The topological polar surface area (TPSA) is 55.2 Å². The predicted octanol–water partition coefficient (Wildman–Crippen LogP) is 7.10. The van der Waals surface area contributed by atoms with Gasteiger partial charge >= 0.3 is 0 Å². The van der Waals surface area contributed by atoms with Gasteiger partial charge < -0.3 is 5.32 Å². The molecular formula is C28H30F2N2O2. The normalized spacial score (nSPS) is 18.2. The molecule has 0 radical (unpaired) electrons. The molecule has 0 spiro atoms. The highest BCUT2D eigenvalue weighted by atomic mass is 19.1. The molecule has 34 heavy (non-hydrogen) atoms. The van der Waals surface area contributed by atoms with Crippen molar-refractivity contribution in [1.82, 2.24) is 5.32 Å². The van der Waals surface area contributed by atoms with E-state index >= 15 is 0 Å². The summed E-state index contributed by atoms with van der Waals surface area (Å²) in [6.07, 6.45) is 6.17. The molecule has 0 unspecified atom stereocenters. The van der Waals surface area contributed by atoms with Crippen molar-refractivity contribution in [3.63, 3.8) is 0 Å². The van der Waals surface area contributed by atoms with Crippen LogP contribution in [0.5, 0.6) is 0 Å². The van der Waals surface area contributed by atoms with Crippen LogP contribution in [0, 0.1) is 21.7 Å². The van der Waals surface area contributed by atoms with Crippen molar-refractivity contribution in [1.29, 1.82) is 0 Å². The Labute approximate surface area is 199 Å². The standard InChI is InChI=1S/C28H30F2N2O2/c29-24-11-3-22(4-12-24)28(23-5-13-25(30)14-6-23)2-1-19-31-26-15-7-20(8-16-26)21-9-17-27(18-10-21)32(33)34/h3-6,9-14,17-18,20,26,28,31H,1-2,7-8,15-16,19H2. The van der Waals surface area contributed by atoms with Crippen molar-refractivity contribution < 1.29 is 13.7 Å². The van der Waals surface area contributed by atoms with Crippen LogP contribution in [0.15, 0.2) is 72.8 Å². The summed E-state index contributed by atoms with van der Waals surface area (Å²) in [6.45, 7) is 0.895. The molecule has 0 aliphatic heterocycles. The Balaban J connectivity index is 1.26. The highest BCUT2D eigenvalue weighted by Crippen LogP contribution is 2.34. The average Bonchev–Trinajstić information content (AvgIpc) is 2.86. The van der Waals surface area contributed by atoms with Crippen LogP contribution in [0.3, 0.4) is 0 Å². The van der Waals surface area contributed by atoms with Gasteiger partial charge in [0.15, 0.2) is 0 Å². The van der Waals surface area contributed by atoms with Crippen molar-refractivity contribution >= 4 is 5.69 Å². The highest BCUT2D eigenvalue weighted by Gasteiger charge is 2.23. The Hall–Kier alpha value is -3.12. The van der Waals surface area contributed by atoms with Crippen molar-refractivity contribution in [2.24, 2.45) is 0 Å². The number of rotatable bonds is 9. The monoisotopic (exact) mass is 464 g/mol. The lowest BCUT2D eigenvalue weighted by Crippen LogP contribution is -2.33. The molecule has 0 saturated heterocycles. The molecule has 0 heterocycles. The van der Waals surface area contributed by atoms with Crippen LogP contribution < -0.4 is 5.32 Å². The van der Waals surface area contributed by atoms with Gasteiger partial charge in [-0.3, -0.25) is 10.1 Å². The molecule has 0 amide bonds. The smallest absolute Gasteiger partial charge is 0.269 e. The summed E-state index contributed by atoms with van der Waals surface area (Å²) in [4.78, 5) is 10.5. The van der Waals surface area contributed by atoms with E-state index in [1.54, 1.807) is 12.1 Å². The van der Waals surface area contributed by atoms with Crippen LogP contribution in [-0.2, 0) is 0 Å². The molecule has 1 aliphatic carbocycles. The summed E-state index contributed by atoms with van der Waals surface area (Å²) >= 11 is 0. The Morgan fingerprint density at radius 3 is 1.85 bits per heavy atom. The Kier molecular flexibility index (Phi) is 8.01. The fourth-order valence-electron chi connectivity index (χ4n) is 5.03. The van der Waals surface area contributed by atoms with E-state index < -0.39 is 0 Å². The van der Waals surface area contributed by atoms with Gasteiger partial charge in [0.1, 0.15) is 11.6 Å². The first-order chi connectivity index (χ1) is 16.5. The number of nitrogens with one attached hydrogen (secondary N) is 1. The number of hydrogen-bond donors (Lipinski definition) is 1. The van der Waals surface area contributed by atoms with Crippen LogP contribution in [0.25, 0.3) is 0 Å². The van der Waals surface area contributed by atoms with E-state index in [1.165, 1.54) is 29.8 Å². The van der Waals surface area contributed by atoms with E-state index in [0.717, 1.165) is 56.2 Å². The van der Waals surface area contributed by atoms with Crippen LogP contribution in [0.4, 0.5) is 14.5 Å². The molecule has 1 saturated carbocycles. The third-order valence-corrected chi connectivity index (χ3v) is 6.95. The van der Waals surface area contributed by atoms with Gasteiger partial charge in [-0.1, -0.05) is 36.4 Å². The molecule has 0 aromatic heterocycles. The third-order valence-electron chi connectivity index (χ3n) is 6.95. The van der Waals surface area contributed by atoms with Gasteiger partial charge in [0.25, 0.3) is 5.69 Å². The molecule has 178 valence electrons. The molecular weight excluding hydrogens is 434 g/mol. The fraction of sp³-hybridized carbons (Fsp3) is 0.357. The lowest BCUT2D eigenvalue weighted by Gasteiger charge is -2.29. The quantitative estimate of drug-likeness (QED) is 0.209. The average molecular weight is 465 g/mol. The third kappa shape index (κ3) is 6.26. The number of nitro benzene ring substituents is 1. The minimum atomic E-state index is -0.360. The molecule has 6 heteroatoms.